The Kier molecular flexibility index (Phi) is 4.37. The number of nitrogens with zero attached hydrogens (tertiary/aromatic N) is 2. The number of fused-ring (bicyclic) bond motifs is 1. The lowest BCUT2D eigenvalue weighted by atomic mass is 10.1. The zero-order chi connectivity index (χ0) is 13.0. The summed E-state index contributed by atoms with van der Waals surface area (Å²) >= 11 is 0. The van der Waals surface area contributed by atoms with Gasteiger partial charge in [-0.2, -0.15) is 0 Å². The quantitative estimate of drug-likeness (QED) is 0.728. The van der Waals surface area contributed by atoms with Crippen molar-refractivity contribution in [1.29, 1.82) is 0 Å². The monoisotopic (exact) mass is 246 g/mol. The van der Waals surface area contributed by atoms with E-state index in [4.69, 9.17) is 9.72 Å². The number of hydrogen-bond donors (Lipinski definition) is 0. The van der Waals surface area contributed by atoms with Crippen molar-refractivity contribution >= 4 is 11.0 Å². The van der Waals surface area contributed by atoms with E-state index in [-0.39, 0.29) is 0 Å². The Bertz CT molecular complexity index is 504. The molecule has 1 atom stereocenters. The zero-order valence-electron chi connectivity index (χ0n) is 11.5. The molecule has 18 heavy (non-hydrogen) atoms. The van der Waals surface area contributed by atoms with Crippen molar-refractivity contribution in [3.05, 3.63) is 30.1 Å². The molecular formula is C15H22N2O. The highest BCUT2D eigenvalue weighted by Gasteiger charge is 2.14. The van der Waals surface area contributed by atoms with Gasteiger partial charge in [0.1, 0.15) is 5.82 Å². The largest absolute Gasteiger partial charge is 0.385 e. The molecule has 1 unspecified atom stereocenters. The Labute approximate surface area is 109 Å². The fourth-order valence-electron chi connectivity index (χ4n) is 2.25. The molecule has 1 heterocycles. The summed E-state index contributed by atoms with van der Waals surface area (Å²) in [5.74, 6) is 1.70. The van der Waals surface area contributed by atoms with Crippen LogP contribution in [0.25, 0.3) is 11.0 Å². The maximum absolute atomic E-state index is 5.15. The van der Waals surface area contributed by atoms with E-state index in [1.165, 1.54) is 11.3 Å². The van der Waals surface area contributed by atoms with Gasteiger partial charge in [0.15, 0.2) is 0 Å². The molecule has 0 aliphatic carbocycles. The average molecular weight is 246 g/mol. The van der Waals surface area contributed by atoms with E-state index >= 15 is 0 Å². The van der Waals surface area contributed by atoms with Gasteiger partial charge in [-0.1, -0.05) is 26.0 Å². The minimum Gasteiger partial charge on any atom is -0.385 e. The highest BCUT2D eigenvalue weighted by atomic mass is 16.5. The lowest BCUT2D eigenvalue weighted by Crippen LogP contribution is -2.08. The second-order valence-corrected chi connectivity index (χ2v) is 4.77. The number of para-hydroxylation sites is 2. The molecule has 0 aliphatic heterocycles. The number of hydrogen-bond acceptors (Lipinski definition) is 2. The predicted molar refractivity (Wildman–Crippen MR) is 74.9 cm³/mol. The highest BCUT2D eigenvalue weighted by Crippen LogP contribution is 2.24. The number of aryl methyl sites for hydroxylation is 1. The lowest BCUT2D eigenvalue weighted by molar-refractivity contribution is 0.190. The van der Waals surface area contributed by atoms with Gasteiger partial charge in [0.05, 0.1) is 11.0 Å². The molecule has 0 spiro atoms. The Morgan fingerprint density at radius 3 is 2.83 bits per heavy atom. The summed E-state index contributed by atoms with van der Waals surface area (Å²) in [5.41, 5.74) is 2.34. The minimum absolute atomic E-state index is 0.500. The summed E-state index contributed by atoms with van der Waals surface area (Å²) < 4.78 is 7.49. The maximum atomic E-state index is 5.15. The second-order valence-electron chi connectivity index (χ2n) is 4.77. The van der Waals surface area contributed by atoms with Crippen LogP contribution in [0, 0.1) is 0 Å². The molecule has 0 N–H and O–H groups in total. The van der Waals surface area contributed by atoms with Gasteiger partial charge in [-0.05, 0) is 25.0 Å². The number of ether oxygens (including phenoxy) is 1. The zero-order valence-corrected chi connectivity index (χ0v) is 11.5. The first kappa shape index (κ1) is 13.1. The van der Waals surface area contributed by atoms with E-state index < -0.39 is 0 Å². The Morgan fingerprint density at radius 2 is 2.11 bits per heavy atom. The van der Waals surface area contributed by atoms with E-state index in [9.17, 15) is 0 Å². The van der Waals surface area contributed by atoms with Crippen LogP contribution in [-0.2, 0) is 11.3 Å². The first-order valence-corrected chi connectivity index (χ1v) is 6.72. The van der Waals surface area contributed by atoms with Crippen LogP contribution < -0.4 is 0 Å². The number of benzene rings is 1. The molecule has 2 aromatic rings. The fraction of sp³-hybridized carbons (Fsp3) is 0.533. The van der Waals surface area contributed by atoms with Crippen molar-refractivity contribution in [2.45, 2.75) is 39.2 Å². The molecule has 0 bridgehead atoms. The summed E-state index contributed by atoms with van der Waals surface area (Å²) in [6.45, 7) is 6.23. The molecule has 1 aromatic carbocycles. The first-order valence-electron chi connectivity index (χ1n) is 6.72. The number of methoxy groups -OCH3 is 1. The summed E-state index contributed by atoms with van der Waals surface area (Å²) in [6.07, 6.45) is 2.15. The first-order chi connectivity index (χ1) is 8.77. The van der Waals surface area contributed by atoms with Gasteiger partial charge >= 0.3 is 0 Å². The lowest BCUT2D eigenvalue weighted by Gasteiger charge is -2.13. The second kappa shape index (κ2) is 6.01. The summed E-state index contributed by atoms with van der Waals surface area (Å²) in [5, 5.41) is 0. The predicted octanol–water partition coefficient (Wildman–Crippen LogP) is 3.59. The molecule has 2 rings (SSSR count). The van der Waals surface area contributed by atoms with E-state index in [0.29, 0.717) is 5.92 Å². The van der Waals surface area contributed by atoms with Crippen molar-refractivity contribution in [3.8, 4) is 0 Å². The third-order valence-corrected chi connectivity index (χ3v) is 3.47. The van der Waals surface area contributed by atoms with Gasteiger partial charge in [-0.15, -0.1) is 0 Å². The van der Waals surface area contributed by atoms with Gasteiger partial charge in [0.25, 0.3) is 0 Å². The normalized spacial score (nSPS) is 13.1. The third kappa shape index (κ3) is 2.56. The van der Waals surface area contributed by atoms with Crippen LogP contribution in [0.1, 0.15) is 38.4 Å². The minimum atomic E-state index is 0.500. The topological polar surface area (TPSA) is 27.1 Å². The van der Waals surface area contributed by atoms with Crippen LogP contribution in [0.15, 0.2) is 24.3 Å². The van der Waals surface area contributed by atoms with Crippen LogP contribution in [0.5, 0.6) is 0 Å². The molecule has 3 heteroatoms. The molecule has 0 saturated heterocycles. The molecular weight excluding hydrogens is 224 g/mol. The molecule has 0 aliphatic rings. The van der Waals surface area contributed by atoms with Crippen molar-refractivity contribution in [3.63, 3.8) is 0 Å². The van der Waals surface area contributed by atoms with Crippen molar-refractivity contribution < 1.29 is 4.74 Å². The summed E-state index contributed by atoms with van der Waals surface area (Å²) in [7, 11) is 1.75. The smallest absolute Gasteiger partial charge is 0.112 e. The molecule has 0 radical (unpaired) electrons. The van der Waals surface area contributed by atoms with E-state index in [0.717, 1.165) is 31.5 Å². The number of imidazole rings is 1. The Hall–Kier alpha value is -1.35. The van der Waals surface area contributed by atoms with Crippen molar-refractivity contribution in [1.82, 2.24) is 9.55 Å². The molecule has 1 aromatic heterocycles. The summed E-state index contributed by atoms with van der Waals surface area (Å²) in [6, 6.07) is 8.38. The maximum Gasteiger partial charge on any atom is 0.112 e. The van der Waals surface area contributed by atoms with Gasteiger partial charge < -0.3 is 9.30 Å². The fourth-order valence-corrected chi connectivity index (χ4v) is 2.25. The van der Waals surface area contributed by atoms with Gasteiger partial charge in [0.2, 0.25) is 0 Å². The Balaban J connectivity index is 2.37. The molecule has 0 fully saturated rings. The van der Waals surface area contributed by atoms with Crippen LogP contribution in [-0.4, -0.2) is 23.3 Å². The van der Waals surface area contributed by atoms with Gasteiger partial charge in [0, 0.05) is 26.2 Å². The van der Waals surface area contributed by atoms with Crippen molar-refractivity contribution in [2.24, 2.45) is 0 Å². The number of rotatable bonds is 6. The summed E-state index contributed by atoms with van der Waals surface area (Å²) in [4.78, 5) is 4.78. The number of aromatic nitrogens is 2. The standard InChI is InChI=1S/C15H22N2O/c1-4-12(2)15-16-13-8-5-6-9-14(13)17(15)10-7-11-18-3/h5-6,8-9,12H,4,7,10-11H2,1-3H3. The van der Waals surface area contributed by atoms with E-state index in [2.05, 4.69) is 42.7 Å². The molecule has 98 valence electrons. The van der Waals surface area contributed by atoms with Crippen LogP contribution in [0.3, 0.4) is 0 Å². The van der Waals surface area contributed by atoms with E-state index in [1.807, 2.05) is 0 Å². The van der Waals surface area contributed by atoms with Crippen LogP contribution >= 0.6 is 0 Å². The van der Waals surface area contributed by atoms with Crippen LogP contribution in [0.4, 0.5) is 0 Å². The molecule has 0 amide bonds. The van der Waals surface area contributed by atoms with Crippen LogP contribution in [0.2, 0.25) is 0 Å². The Morgan fingerprint density at radius 1 is 1.33 bits per heavy atom. The van der Waals surface area contributed by atoms with Gasteiger partial charge in [-0.25, -0.2) is 4.98 Å². The average Bonchev–Trinajstić information content (AvgIpc) is 2.77. The molecule has 0 saturated carbocycles. The van der Waals surface area contributed by atoms with Crippen molar-refractivity contribution in [2.75, 3.05) is 13.7 Å². The molecule has 3 nitrogen and oxygen atoms in total. The third-order valence-electron chi connectivity index (χ3n) is 3.47. The highest BCUT2D eigenvalue weighted by molar-refractivity contribution is 5.76. The van der Waals surface area contributed by atoms with E-state index in [1.54, 1.807) is 7.11 Å². The SMILES string of the molecule is CCC(C)c1nc2ccccc2n1CCCOC. The van der Waals surface area contributed by atoms with Gasteiger partial charge in [-0.3, -0.25) is 0 Å².